The third-order valence-corrected chi connectivity index (χ3v) is 2.77. The van der Waals surface area contributed by atoms with Crippen LogP contribution in [0.1, 0.15) is 37.0 Å². The first kappa shape index (κ1) is 13.8. The normalized spacial score (nSPS) is 12.6. The predicted octanol–water partition coefficient (Wildman–Crippen LogP) is 2.59. The number of aliphatic carboxylic acids is 1. The Balaban J connectivity index is 3.38. The maximum absolute atomic E-state index is 10.8. The molecule has 2 N–H and O–H groups in total. The van der Waals surface area contributed by atoms with Crippen molar-refractivity contribution in [2.24, 2.45) is 0 Å². The number of ether oxygens (including phenoxy) is 1. The third kappa shape index (κ3) is 2.90. The minimum absolute atomic E-state index is 0.177. The Morgan fingerprint density at radius 3 is 2.41 bits per heavy atom. The van der Waals surface area contributed by atoms with E-state index < -0.39 is 12.1 Å². The van der Waals surface area contributed by atoms with Gasteiger partial charge in [-0.1, -0.05) is 25.4 Å². The van der Waals surface area contributed by atoms with Crippen LogP contribution >= 0.6 is 11.6 Å². The van der Waals surface area contributed by atoms with Gasteiger partial charge in [-0.2, -0.15) is 0 Å². The fourth-order valence-electron chi connectivity index (χ4n) is 1.52. The average Bonchev–Trinajstić information content (AvgIpc) is 2.26. The van der Waals surface area contributed by atoms with Crippen molar-refractivity contribution in [3.63, 3.8) is 0 Å². The zero-order valence-corrected chi connectivity index (χ0v) is 10.7. The molecule has 94 valence electrons. The van der Waals surface area contributed by atoms with Crippen LogP contribution in [-0.2, 0) is 4.79 Å². The van der Waals surface area contributed by atoms with Crippen molar-refractivity contribution < 1.29 is 19.7 Å². The molecular weight excluding hydrogens is 244 g/mol. The molecule has 0 spiro atoms. The fraction of sp³-hybridized carbons (Fsp3) is 0.417. The van der Waals surface area contributed by atoms with E-state index in [1.807, 2.05) is 13.8 Å². The van der Waals surface area contributed by atoms with Crippen molar-refractivity contribution in [2.45, 2.75) is 25.9 Å². The van der Waals surface area contributed by atoms with E-state index in [0.29, 0.717) is 5.02 Å². The van der Waals surface area contributed by atoms with E-state index in [4.69, 9.17) is 21.4 Å². The van der Waals surface area contributed by atoms with Gasteiger partial charge in [0.15, 0.2) is 6.10 Å². The maximum atomic E-state index is 10.8. The summed E-state index contributed by atoms with van der Waals surface area (Å²) >= 11 is 6.00. The van der Waals surface area contributed by atoms with Gasteiger partial charge in [0, 0.05) is 5.56 Å². The van der Waals surface area contributed by atoms with Gasteiger partial charge in [-0.25, -0.2) is 4.79 Å². The molecule has 1 unspecified atom stereocenters. The highest BCUT2D eigenvalue weighted by molar-refractivity contribution is 6.32. The highest BCUT2D eigenvalue weighted by Crippen LogP contribution is 2.36. The number of hydrogen-bond donors (Lipinski definition) is 2. The quantitative estimate of drug-likeness (QED) is 0.871. The van der Waals surface area contributed by atoms with E-state index in [0.717, 1.165) is 5.56 Å². The number of rotatable bonds is 4. The van der Waals surface area contributed by atoms with Crippen molar-refractivity contribution in [3.05, 3.63) is 28.3 Å². The molecule has 17 heavy (non-hydrogen) atoms. The lowest BCUT2D eigenvalue weighted by atomic mass is 9.97. The highest BCUT2D eigenvalue weighted by atomic mass is 35.5. The van der Waals surface area contributed by atoms with Gasteiger partial charge in [0.25, 0.3) is 0 Å². The number of carboxylic acids is 1. The van der Waals surface area contributed by atoms with Gasteiger partial charge in [0.05, 0.1) is 12.1 Å². The number of carboxylic acid groups (broad SMARTS) is 1. The van der Waals surface area contributed by atoms with Crippen molar-refractivity contribution >= 4 is 17.6 Å². The molecular formula is C12H15ClO4. The number of hydrogen-bond acceptors (Lipinski definition) is 3. The van der Waals surface area contributed by atoms with Gasteiger partial charge in [-0.15, -0.1) is 0 Å². The molecule has 4 nitrogen and oxygen atoms in total. The summed E-state index contributed by atoms with van der Waals surface area (Å²) in [7, 11) is 1.38. The van der Waals surface area contributed by atoms with Crippen LogP contribution in [0.25, 0.3) is 0 Å². The minimum Gasteiger partial charge on any atom is -0.495 e. The van der Waals surface area contributed by atoms with Crippen molar-refractivity contribution in [3.8, 4) is 5.75 Å². The minimum atomic E-state index is -1.64. The molecule has 1 atom stereocenters. The van der Waals surface area contributed by atoms with Crippen LogP contribution in [0.3, 0.4) is 0 Å². The molecule has 0 bridgehead atoms. The second-order valence-electron chi connectivity index (χ2n) is 4.02. The number of methoxy groups -OCH3 is 1. The molecule has 1 rings (SSSR count). The highest BCUT2D eigenvalue weighted by Gasteiger charge is 2.23. The number of benzene rings is 1. The lowest BCUT2D eigenvalue weighted by Crippen LogP contribution is -2.12. The van der Waals surface area contributed by atoms with Crippen LogP contribution in [0.15, 0.2) is 12.1 Å². The molecule has 0 aliphatic carbocycles. The Morgan fingerprint density at radius 2 is 2.00 bits per heavy atom. The van der Waals surface area contributed by atoms with Gasteiger partial charge in [0.2, 0.25) is 0 Å². The van der Waals surface area contributed by atoms with Gasteiger partial charge < -0.3 is 14.9 Å². The molecule has 0 aromatic heterocycles. The second kappa shape index (κ2) is 5.38. The second-order valence-corrected chi connectivity index (χ2v) is 4.43. The Hall–Kier alpha value is -1.26. The summed E-state index contributed by atoms with van der Waals surface area (Å²) in [5, 5.41) is 18.7. The van der Waals surface area contributed by atoms with E-state index in [9.17, 15) is 9.90 Å². The Labute approximate surface area is 105 Å². The predicted molar refractivity (Wildman–Crippen MR) is 64.7 cm³/mol. The molecule has 0 aliphatic heterocycles. The van der Waals surface area contributed by atoms with Gasteiger partial charge in [-0.05, 0) is 23.6 Å². The van der Waals surface area contributed by atoms with E-state index in [2.05, 4.69) is 0 Å². The molecule has 1 aromatic carbocycles. The van der Waals surface area contributed by atoms with E-state index in [1.165, 1.54) is 7.11 Å². The van der Waals surface area contributed by atoms with E-state index in [-0.39, 0.29) is 17.2 Å². The number of aliphatic hydroxyl groups excluding tert-OH is 1. The molecule has 0 aliphatic rings. The Morgan fingerprint density at radius 1 is 1.41 bits per heavy atom. The first-order chi connectivity index (χ1) is 7.88. The summed E-state index contributed by atoms with van der Waals surface area (Å²) in [6.45, 7) is 3.91. The molecule has 0 radical (unpaired) electrons. The average molecular weight is 259 g/mol. The van der Waals surface area contributed by atoms with Crippen LogP contribution in [0.2, 0.25) is 5.02 Å². The van der Waals surface area contributed by atoms with Crippen LogP contribution in [0.5, 0.6) is 5.75 Å². The number of carbonyl (C=O) groups is 1. The molecule has 1 aromatic rings. The zero-order chi connectivity index (χ0) is 13.2. The van der Waals surface area contributed by atoms with Crippen LogP contribution < -0.4 is 4.74 Å². The lowest BCUT2D eigenvalue weighted by molar-refractivity contribution is -0.147. The zero-order valence-electron chi connectivity index (χ0n) is 9.90. The SMILES string of the molecule is COc1c(Cl)cc(C(C)C)cc1C(O)C(=O)O. The molecule has 0 fully saturated rings. The summed E-state index contributed by atoms with van der Waals surface area (Å²) in [6, 6.07) is 3.32. The Kier molecular flexibility index (Phi) is 4.37. The summed E-state index contributed by atoms with van der Waals surface area (Å²) in [5.41, 5.74) is 1.03. The number of aliphatic hydroxyl groups is 1. The van der Waals surface area contributed by atoms with Crippen molar-refractivity contribution in [1.29, 1.82) is 0 Å². The van der Waals surface area contributed by atoms with Crippen LogP contribution in [0, 0.1) is 0 Å². The lowest BCUT2D eigenvalue weighted by Gasteiger charge is -2.16. The van der Waals surface area contributed by atoms with E-state index >= 15 is 0 Å². The third-order valence-electron chi connectivity index (χ3n) is 2.49. The van der Waals surface area contributed by atoms with E-state index in [1.54, 1.807) is 12.1 Å². The monoisotopic (exact) mass is 258 g/mol. The largest absolute Gasteiger partial charge is 0.495 e. The van der Waals surface area contributed by atoms with Gasteiger partial charge >= 0.3 is 5.97 Å². The molecule has 0 saturated carbocycles. The van der Waals surface area contributed by atoms with Crippen LogP contribution in [0.4, 0.5) is 0 Å². The Bertz CT molecular complexity index is 429. The van der Waals surface area contributed by atoms with Crippen LogP contribution in [-0.4, -0.2) is 23.3 Å². The van der Waals surface area contributed by atoms with Crippen molar-refractivity contribution in [1.82, 2.24) is 0 Å². The fourth-order valence-corrected chi connectivity index (χ4v) is 1.83. The molecule has 0 heterocycles. The number of halogens is 1. The molecule has 5 heteroatoms. The molecule has 0 amide bonds. The summed E-state index contributed by atoms with van der Waals surface area (Å²) < 4.78 is 5.03. The van der Waals surface area contributed by atoms with Gasteiger partial charge in [0.1, 0.15) is 5.75 Å². The summed E-state index contributed by atoms with van der Waals surface area (Å²) in [5.74, 6) is -0.954. The van der Waals surface area contributed by atoms with Crippen molar-refractivity contribution in [2.75, 3.05) is 7.11 Å². The first-order valence-corrected chi connectivity index (χ1v) is 5.54. The molecule has 0 saturated heterocycles. The summed E-state index contributed by atoms with van der Waals surface area (Å²) in [4.78, 5) is 10.8. The standard InChI is InChI=1S/C12H15ClO4/c1-6(2)7-4-8(10(14)12(15)16)11(17-3)9(13)5-7/h4-6,10,14H,1-3H3,(H,15,16). The smallest absolute Gasteiger partial charge is 0.337 e. The first-order valence-electron chi connectivity index (χ1n) is 5.16. The van der Waals surface area contributed by atoms with Gasteiger partial charge in [-0.3, -0.25) is 0 Å². The maximum Gasteiger partial charge on any atom is 0.337 e. The summed E-state index contributed by atoms with van der Waals surface area (Å²) in [6.07, 6.45) is -1.64. The topological polar surface area (TPSA) is 66.8 Å².